The summed E-state index contributed by atoms with van der Waals surface area (Å²) in [5.74, 6) is -2.82. The third-order valence-electron chi connectivity index (χ3n) is 2.99. The largest absolute Gasteiger partial charge is 0.490 e. The monoisotopic (exact) mass is 439 g/mol. The van der Waals surface area contributed by atoms with E-state index in [2.05, 4.69) is 31.7 Å². The predicted molar refractivity (Wildman–Crippen MR) is 92.1 cm³/mol. The topological polar surface area (TPSA) is 100 Å². The Morgan fingerprint density at radius 2 is 1.96 bits per heavy atom. The number of nitrogens with one attached hydrogen (secondary N) is 2. The Morgan fingerprint density at radius 3 is 2.42 bits per heavy atom. The Bertz CT molecular complexity index is 641. The summed E-state index contributed by atoms with van der Waals surface area (Å²) in [6.07, 6.45) is -4.47. The first-order chi connectivity index (χ1) is 12.1. The molecule has 0 radical (unpaired) electrons. The van der Waals surface area contributed by atoms with Gasteiger partial charge >= 0.3 is 12.1 Å². The zero-order valence-corrected chi connectivity index (χ0v) is 15.2. The van der Waals surface area contributed by atoms with E-state index in [1.54, 1.807) is 0 Å². The second kappa shape index (κ2) is 10.00. The first-order valence-electron chi connectivity index (χ1n) is 7.37. The molecule has 1 aliphatic rings. The van der Waals surface area contributed by atoms with Gasteiger partial charge in [-0.15, -0.1) is 0 Å². The smallest absolute Gasteiger partial charge is 0.475 e. The number of nitrogens with zero attached hydrogens (tertiary/aromatic N) is 1. The maximum absolute atomic E-state index is 11.9. The number of anilines is 1. The van der Waals surface area contributed by atoms with Crippen LogP contribution in [0.3, 0.4) is 0 Å². The fourth-order valence-corrected chi connectivity index (χ4v) is 2.17. The minimum absolute atomic E-state index is 0.0597. The van der Waals surface area contributed by atoms with Crippen LogP contribution in [0.15, 0.2) is 35.5 Å². The summed E-state index contributed by atoms with van der Waals surface area (Å²) >= 11 is 3.26. The number of oxime groups is 1. The van der Waals surface area contributed by atoms with Crippen LogP contribution in [-0.2, 0) is 14.4 Å². The number of aliphatic carboxylic acids is 1. The van der Waals surface area contributed by atoms with Crippen molar-refractivity contribution in [2.75, 3.05) is 11.9 Å². The summed E-state index contributed by atoms with van der Waals surface area (Å²) < 4.78 is 32.5. The summed E-state index contributed by atoms with van der Waals surface area (Å²) in [4.78, 5) is 25.9. The lowest BCUT2D eigenvalue weighted by Gasteiger charge is -2.16. The van der Waals surface area contributed by atoms with Crippen LogP contribution >= 0.6 is 15.9 Å². The van der Waals surface area contributed by atoms with E-state index in [1.165, 1.54) is 0 Å². The SMILES string of the molecule is C[C@H](Nc1ccccc1)C(=O)NCC1CC(Br)=NO1.O=C(O)C(F)(F)F. The number of amides is 1. The van der Waals surface area contributed by atoms with E-state index < -0.39 is 12.1 Å². The molecule has 1 amide bonds. The number of rotatable bonds is 5. The number of halogens is 4. The van der Waals surface area contributed by atoms with Crippen molar-refractivity contribution >= 4 is 38.1 Å². The summed E-state index contributed by atoms with van der Waals surface area (Å²) in [6.45, 7) is 2.28. The number of carbonyl (C=O) groups excluding carboxylic acids is 1. The van der Waals surface area contributed by atoms with Crippen LogP contribution in [0.1, 0.15) is 13.3 Å². The maximum atomic E-state index is 11.9. The molecule has 0 bridgehead atoms. The lowest BCUT2D eigenvalue weighted by molar-refractivity contribution is -0.192. The molecule has 11 heteroatoms. The van der Waals surface area contributed by atoms with Gasteiger partial charge in [0.15, 0.2) is 6.10 Å². The van der Waals surface area contributed by atoms with Gasteiger partial charge in [0.25, 0.3) is 0 Å². The van der Waals surface area contributed by atoms with E-state index in [1.807, 2.05) is 37.3 Å². The van der Waals surface area contributed by atoms with Gasteiger partial charge in [-0.3, -0.25) is 4.79 Å². The number of alkyl halides is 3. The Labute approximate surface area is 155 Å². The highest BCUT2D eigenvalue weighted by atomic mass is 79.9. The minimum Gasteiger partial charge on any atom is -0.475 e. The third kappa shape index (κ3) is 8.19. The predicted octanol–water partition coefficient (Wildman–Crippen LogP) is 2.73. The number of carboxylic acid groups (broad SMARTS) is 1. The van der Waals surface area contributed by atoms with Crippen molar-refractivity contribution in [3.8, 4) is 0 Å². The molecule has 0 aliphatic carbocycles. The van der Waals surface area contributed by atoms with Crippen molar-refractivity contribution in [3.63, 3.8) is 0 Å². The number of hydrogen-bond acceptors (Lipinski definition) is 5. The molecule has 0 fully saturated rings. The van der Waals surface area contributed by atoms with Gasteiger partial charge in [-0.25, -0.2) is 4.79 Å². The summed E-state index contributed by atoms with van der Waals surface area (Å²) in [6, 6.07) is 9.34. The molecule has 1 heterocycles. The molecule has 144 valence electrons. The Balaban J connectivity index is 0.000000412. The van der Waals surface area contributed by atoms with Gasteiger partial charge in [0.1, 0.15) is 10.7 Å². The van der Waals surface area contributed by atoms with Crippen molar-refractivity contribution in [2.24, 2.45) is 5.16 Å². The average Bonchev–Trinajstić information content (AvgIpc) is 2.98. The van der Waals surface area contributed by atoms with E-state index in [0.717, 1.165) is 10.3 Å². The van der Waals surface area contributed by atoms with E-state index in [4.69, 9.17) is 14.7 Å². The number of carboxylic acids is 1. The van der Waals surface area contributed by atoms with Gasteiger partial charge in [-0.05, 0) is 35.0 Å². The van der Waals surface area contributed by atoms with Crippen LogP contribution in [-0.4, -0.2) is 46.5 Å². The zero-order valence-electron chi connectivity index (χ0n) is 13.6. The van der Waals surface area contributed by atoms with Gasteiger partial charge in [-0.2, -0.15) is 13.2 Å². The minimum atomic E-state index is -5.08. The van der Waals surface area contributed by atoms with E-state index in [0.29, 0.717) is 13.0 Å². The van der Waals surface area contributed by atoms with Crippen LogP contribution in [0.2, 0.25) is 0 Å². The third-order valence-corrected chi connectivity index (χ3v) is 3.46. The molecule has 7 nitrogen and oxygen atoms in total. The highest BCUT2D eigenvalue weighted by Gasteiger charge is 2.38. The van der Waals surface area contributed by atoms with Crippen LogP contribution in [0.5, 0.6) is 0 Å². The molecule has 2 atom stereocenters. The van der Waals surface area contributed by atoms with Crippen LogP contribution in [0.4, 0.5) is 18.9 Å². The second-order valence-corrected chi connectivity index (χ2v) is 6.09. The molecular formula is C15H17BrF3N3O4. The van der Waals surface area contributed by atoms with Crippen molar-refractivity contribution in [3.05, 3.63) is 30.3 Å². The Hall–Kier alpha value is -2.30. The highest BCUT2D eigenvalue weighted by molar-refractivity contribution is 9.18. The summed E-state index contributed by atoms with van der Waals surface area (Å²) in [7, 11) is 0. The number of para-hydroxylation sites is 1. The molecule has 3 N–H and O–H groups in total. The van der Waals surface area contributed by atoms with E-state index >= 15 is 0 Å². The standard InChI is InChI=1S/C13H16BrN3O2.C2HF3O2/c1-9(16-10-5-3-2-4-6-10)13(18)15-8-11-7-12(14)17-19-11;3-2(4,5)1(6)7/h2-6,9,11,16H,7-8H2,1H3,(H,15,18);(H,6,7)/t9-,11?;/m0./s1. The molecule has 2 rings (SSSR count). The van der Waals surface area contributed by atoms with Crippen molar-refractivity contribution in [1.82, 2.24) is 5.32 Å². The van der Waals surface area contributed by atoms with Gasteiger partial charge in [0.05, 0.1) is 6.54 Å². The number of carbonyl (C=O) groups is 2. The summed E-state index contributed by atoms with van der Waals surface area (Å²) in [5, 5.41) is 16.9. The van der Waals surface area contributed by atoms with Gasteiger partial charge in [-0.1, -0.05) is 23.4 Å². The molecule has 0 aromatic heterocycles. The lowest BCUT2D eigenvalue weighted by Crippen LogP contribution is -2.41. The zero-order chi connectivity index (χ0) is 19.7. The van der Waals surface area contributed by atoms with E-state index in [-0.39, 0.29) is 18.1 Å². The number of benzene rings is 1. The average molecular weight is 440 g/mol. The van der Waals surface area contributed by atoms with Gasteiger partial charge < -0.3 is 20.6 Å². The van der Waals surface area contributed by atoms with Gasteiger partial charge in [0.2, 0.25) is 5.91 Å². The van der Waals surface area contributed by atoms with Crippen molar-refractivity contribution < 1.29 is 32.7 Å². The molecule has 26 heavy (non-hydrogen) atoms. The molecule has 0 saturated carbocycles. The first kappa shape index (κ1) is 21.7. The molecule has 1 aromatic rings. The lowest BCUT2D eigenvalue weighted by atomic mass is 10.2. The second-order valence-electron chi connectivity index (χ2n) is 5.18. The Kier molecular flexibility index (Phi) is 8.36. The van der Waals surface area contributed by atoms with Crippen molar-refractivity contribution in [1.29, 1.82) is 0 Å². The van der Waals surface area contributed by atoms with E-state index in [9.17, 15) is 18.0 Å². The fourth-order valence-electron chi connectivity index (χ4n) is 1.72. The quantitative estimate of drug-likeness (QED) is 0.654. The first-order valence-corrected chi connectivity index (χ1v) is 8.16. The Morgan fingerprint density at radius 1 is 1.38 bits per heavy atom. The number of hydrogen-bond donors (Lipinski definition) is 3. The molecule has 0 spiro atoms. The molecule has 1 aliphatic heterocycles. The van der Waals surface area contributed by atoms with Crippen LogP contribution in [0.25, 0.3) is 0 Å². The van der Waals surface area contributed by atoms with Gasteiger partial charge in [0, 0.05) is 12.1 Å². The summed E-state index contributed by atoms with van der Waals surface area (Å²) in [5.41, 5.74) is 0.924. The highest BCUT2D eigenvalue weighted by Crippen LogP contribution is 2.14. The van der Waals surface area contributed by atoms with Crippen LogP contribution < -0.4 is 10.6 Å². The molecular weight excluding hydrogens is 423 g/mol. The van der Waals surface area contributed by atoms with Crippen molar-refractivity contribution in [2.45, 2.75) is 31.7 Å². The molecule has 1 unspecified atom stereocenters. The normalized spacial score (nSPS) is 17.1. The maximum Gasteiger partial charge on any atom is 0.490 e. The van der Waals surface area contributed by atoms with Crippen LogP contribution in [0, 0.1) is 0 Å². The molecule has 1 aromatic carbocycles. The molecule has 0 saturated heterocycles. The fraction of sp³-hybridized carbons (Fsp3) is 0.400.